The molecule has 0 radical (unpaired) electrons. The Morgan fingerprint density at radius 3 is 2.69 bits per heavy atom. The number of carbonyl (C=O) groups excluding carboxylic acids is 3. The fourth-order valence-electron chi connectivity index (χ4n) is 3.29. The standard InChI is InChI=1S/C22H22ClN5O3.CHFO2/c1-24-8-9-31-18-7-2-4-15(10-18)20-12-19(22(30)27-13-21(29)25-14-27)26-28(20)17-6-3-5-16(23)11-17;2-4-1-3/h2-7,10-12,24H,8-9,13-14H2,1H3,(H,25,29);1H. The lowest BCUT2D eigenvalue weighted by molar-refractivity contribution is -0.165. The maximum atomic E-state index is 12.9. The number of ether oxygens (including phenoxy) is 1. The van der Waals surface area contributed by atoms with Gasteiger partial charge in [0.05, 0.1) is 18.1 Å². The molecule has 184 valence electrons. The first-order valence-corrected chi connectivity index (χ1v) is 10.9. The molecule has 1 fully saturated rings. The van der Waals surface area contributed by atoms with E-state index >= 15 is 0 Å². The maximum Gasteiger partial charge on any atom is 0.337 e. The largest absolute Gasteiger partial charge is 0.492 e. The van der Waals surface area contributed by atoms with Crippen LogP contribution < -0.4 is 15.4 Å². The summed E-state index contributed by atoms with van der Waals surface area (Å²) in [6, 6.07) is 16.6. The minimum atomic E-state index is -0.318. The molecule has 1 saturated heterocycles. The van der Waals surface area contributed by atoms with Gasteiger partial charge in [0.2, 0.25) is 5.91 Å². The van der Waals surface area contributed by atoms with Crippen molar-refractivity contribution in [1.82, 2.24) is 25.3 Å². The lowest BCUT2D eigenvalue weighted by atomic mass is 10.1. The summed E-state index contributed by atoms with van der Waals surface area (Å²) in [5, 5.41) is 10.8. The van der Waals surface area contributed by atoms with Gasteiger partial charge < -0.3 is 20.3 Å². The van der Waals surface area contributed by atoms with Gasteiger partial charge in [0.25, 0.3) is 5.91 Å². The third kappa shape index (κ3) is 6.78. The van der Waals surface area contributed by atoms with Crippen LogP contribution in [0.4, 0.5) is 4.53 Å². The smallest absolute Gasteiger partial charge is 0.337 e. The van der Waals surface area contributed by atoms with Crippen molar-refractivity contribution in [2.45, 2.75) is 0 Å². The Balaban J connectivity index is 0.000000795. The van der Waals surface area contributed by atoms with Crippen LogP contribution in [0.2, 0.25) is 5.02 Å². The number of halogens is 2. The fourth-order valence-corrected chi connectivity index (χ4v) is 3.47. The number of hydrogen-bond acceptors (Lipinski definition) is 7. The van der Waals surface area contributed by atoms with Crippen molar-refractivity contribution in [1.29, 1.82) is 0 Å². The van der Waals surface area contributed by atoms with Gasteiger partial charge >= 0.3 is 6.47 Å². The van der Waals surface area contributed by atoms with E-state index in [9.17, 15) is 14.1 Å². The van der Waals surface area contributed by atoms with Gasteiger partial charge in [0, 0.05) is 21.7 Å². The maximum absolute atomic E-state index is 12.9. The summed E-state index contributed by atoms with van der Waals surface area (Å²) in [4.78, 5) is 36.8. The molecule has 3 aromatic rings. The second-order valence-electron chi connectivity index (χ2n) is 7.23. The van der Waals surface area contributed by atoms with Gasteiger partial charge in [0.15, 0.2) is 5.69 Å². The molecule has 1 aromatic heterocycles. The highest BCUT2D eigenvalue weighted by Crippen LogP contribution is 2.28. The molecule has 4 rings (SSSR count). The lowest BCUT2D eigenvalue weighted by Crippen LogP contribution is -2.30. The zero-order chi connectivity index (χ0) is 25.2. The first-order valence-electron chi connectivity index (χ1n) is 10.5. The SMILES string of the molecule is CNCCOc1cccc(-c2cc(C(=O)N3CNC(=O)C3)nn2-c2cccc(Cl)c2)c1.O=COF. The van der Waals surface area contributed by atoms with Gasteiger partial charge in [-0.05, 0) is 43.4 Å². The van der Waals surface area contributed by atoms with Crippen LogP contribution in [-0.4, -0.2) is 66.4 Å². The molecule has 0 spiro atoms. The number of amides is 2. The number of nitrogens with zero attached hydrogens (tertiary/aromatic N) is 3. The molecule has 10 nitrogen and oxygen atoms in total. The lowest BCUT2D eigenvalue weighted by Gasteiger charge is -2.11. The molecule has 2 N–H and O–H groups in total. The highest BCUT2D eigenvalue weighted by atomic mass is 35.5. The van der Waals surface area contributed by atoms with Crippen molar-refractivity contribution in [3.05, 3.63) is 65.3 Å². The summed E-state index contributed by atoms with van der Waals surface area (Å²) in [5.74, 6) is 0.213. The molecule has 0 unspecified atom stereocenters. The van der Waals surface area contributed by atoms with Gasteiger partial charge in [-0.15, -0.1) is 0 Å². The molecule has 0 saturated carbocycles. The van der Waals surface area contributed by atoms with Gasteiger partial charge in [-0.2, -0.15) is 5.10 Å². The van der Waals surface area contributed by atoms with Crippen LogP contribution >= 0.6 is 11.6 Å². The number of carbonyl (C=O) groups is 3. The third-order valence-electron chi connectivity index (χ3n) is 4.86. The Hall–Kier alpha value is -3.96. The molecule has 2 amide bonds. The Morgan fingerprint density at radius 2 is 2.03 bits per heavy atom. The number of rotatable bonds is 8. The zero-order valence-corrected chi connectivity index (χ0v) is 19.5. The van der Waals surface area contributed by atoms with E-state index in [1.165, 1.54) is 4.90 Å². The van der Waals surface area contributed by atoms with Gasteiger partial charge in [-0.3, -0.25) is 19.3 Å². The number of hydrogen-bond donors (Lipinski definition) is 2. The van der Waals surface area contributed by atoms with Crippen LogP contribution in [0.1, 0.15) is 10.5 Å². The Labute approximate surface area is 205 Å². The van der Waals surface area contributed by atoms with Gasteiger partial charge in [-0.25, -0.2) is 4.68 Å². The minimum absolute atomic E-state index is 0.0208. The van der Waals surface area contributed by atoms with Crippen molar-refractivity contribution in [2.75, 3.05) is 33.4 Å². The topological polar surface area (TPSA) is 115 Å². The van der Waals surface area contributed by atoms with E-state index in [1.54, 1.807) is 22.9 Å². The monoisotopic (exact) mass is 503 g/mol. The van der Waals surface area contributed by atoms with Crippen LogP contribution in [0.3, 0.4) is 0 Å². The first kappa shape index (κ1) is 25.7. The van der Waals surface area contributed by atoms with E-state index in [1.807, 2.05) is 43.4 Å². The molecule has 0 bridgehead atoms. The van der Waals surface area contributed by atoms with Gasteiger partial charge in [0.1, 0.15) is 18.9 Å². The number of likely N-dealkylation sites (N-methyl/N-ethyl adjacent to an activating group) is 1. The van der Waals surface area contributed by atoms with Crippen molar-refractivity contribution >= 4 is 29.9 Å². The molecular formula is C23H23ClFN5O5. The molecule has 2 heterocycles. The summed E-state index contributed by atoms with van der Waals surface area (Å²) in [6.45, 7) is 1.16. The predicted octanol–water partition coefficient (Wildman–Crippen LogP) is 2.36. The molecular weight excluding hydrogens is 481 g/mol. The van der Waals surface area contributed by atoms with Crippen LogP contribution in [0.25, 0.3) is 16.9 Å². The summed E-state index contributed by atoms with van der Waals surface area (Å²) in [6.07, 6.45) is 0. The second-order valence-corrected chi connectivity index (χ2v) is 7.67. The minimum Gasteiger partial charge on any atom is -0.492 e. The number of benzene rings is 2. The molecule has 0 atom stereocenters. The zero-order valence-electron chi connectivity index (χ0n) is 18.7. The molecule has 0 aliphatic carbocycles. The van der Waals surface area contributed by atoms with Crippen LogP contribution in [0.15, 0.2) is 54.6 Å². The van der Waals surface area contributed by atoms with Gasteiger partial charge in [-0.1, -0.05) is 29.8 Å². The second kappa shape index (κ2) is 12.5. The summed E-state index contributed by atoms with van der Waals surface area (Å²) in [7, 11) is 1.87. The van der Waals surface area contributed by atoms with E-state index in [4.69, 9.17) is 21.1 Å². The van der Waals surface area contributed by atoms with Crippen molar-refractivity contribution in [2.24, 2.45) is 0 Å². The van der Waals surface area contributed by atoms with Crippen LogP contribution in [0, 0.1) is 0 Å². The Kier molecular flexibility index (Phi) is 9.16. The average Bonchev–Trinajstić information content (AvgIpc) is 3.51. The summed E-state index contributed by atoms with van der Waals surface area (Å²) < 4.78 is 17.3. The van der Waals surface area contributed by atoms with E-state index < -0.39 is 0 Å². The first-order chi connectivity index (χ1) is 17.0. The quantitative estimate of drug-likeness (QED) is 0.358. The Bertz CT molecular complexity index is 1190. The normalized spacial score (nSPS) is 12.4. The highest BCUT2D eigenvalue weighted by Gasteiger charge is 2.27. The molecule has 1 aliphatic rings. The van der Waals surface area contributed by atoms with Crippen molar-refractivity contribution in [3.63, 3.8) is 0 Å². The summed E-state index contributed by atoms with van der Waals surface area (Å²) >= 11 is 6.19. The third-order valence-corrected chi connectivity index (χ3v) is 5.09. The van der Waals surface area contributed by atoms with E-state index in [0.29, 0.717) is 23.1 Å². The average molecular weight is 504 g/mol. The van der Waals surface area contributed by atoms with E-state index in [0.717, 1.165) is 17.8 Å². The fraction of sp³-hybridized carbons (Fsp3) is 0.217. The van der Waals surface area contributed by atoms with Crippen molar-refractivity contribution < 1.29 is 28.6 Å². The predicted molar refractivity (Wildman–Crippen MR) is 126 cm³/mol. The molecule has 1 aliphatic heterocycles. The summed E-state index contributed by atoms with van der Waals surface area (Å²) in [5.41, 5.74) is 2.51. The number of aromatic nitrogens is 2. The Morgan fingerprint density at radius 1 is 1.26 bits per heavy atom. The highest BCUT2D eigenvalue weighted by molar-refractivity contribution is 6.30. The van der Waals surface area contributed by atoms with Crippen LogP contribution in [0.5, 0.6) is 5.75 Å². The van der Waals surface area contributed by atoms with E-state index in [2.05, 4.69) is 20.7 Å². The van der Waals surface area contributed by atoms with Crippen LogP contribution in [-0.2, 0) is 14.5 Å². The van der Waals surface area contributed by atoms with E-state index in [-0.39, 0.29) is 37.2 Å². The molecule has 2 aromatic carbocycles. The number of nitrogens with one attached hydrogen (secondary N) is 2. The van der Waals surface area contributed by atoms with Crippen molar-refractivity contribution in [3.8, 4) is 22.7 Å². The molecule has 35 heavy (non-hydrogen) atoms. The molecule has 12 heteroatoms.